The van der Waals surface area contributed by atoms with E-state index in [1.54, 1.807) is 23.0 Å². The molecular weight excluding hydrogens is 330 g/mol. The van der Waals surface area contributed by atoms with E-state index in [9.17, 15) is 8.42 Å². The molecule has 1 aliphatic rings. The summed E-state index contributed by atoms with van der Waals surface area (Å²) in [5.41, 5.74) is 0.454. The maximum absolute atomic E-state index is 12.4. The highest BCUT2D eigenvalue weighted by Crippen LogP contribution is 2.23. The highest BCUT2D eigenvalue weighted by molar-refractivity contribution is 7.92. The van der Waals surface area contributed by atoms with Crippen molar-refractivity contribution in [3.8, 4) is 5.75 Å². The van der Waals surface area contributed by atoms with Crippen molar-refractivity contribution in [2.75, 3.05) is 24.5 Å². The average molecular weight is 351 g/mol. The van der Waals surface area contributed by atoms with Crippen molar-refractivity contribution in [1.82, 2.24) is 9.78 Å². The summed E-state index contributed by atoms with van der Waals surface area (Å²) in [6.45, 7) is 3.83. The molecule has 24 heavy (non-hydrogen) atoms. The number of sulfonamides is 1. The molecule has 1 fully saturated rings. The highest BCUT2D eigenvalue weighted by atomic mass is 32.2. The summed E-state index contributed by atoms with van der Waals surface area (Å²) in [5.74, 6) is 0.642. The maximum Gasteiger partial charge on any atom is 0.261 e. The van der Waals surface area contributed by atoms with Crippen molar-refractivity contribution in [3.63, 3.8) is 0 Å². The molecule has 0 aliphatic carbocycles. The predicted molar refractivity (Wildman–Crippen MR) is 89.7 cm³/mol. The van der Waals surface area contributed by atoms with Crippen LogP contribution >= 0.6 is 0 Å². The zero-order chi connectivity index (χ0) is 17.0. The average Bonchev–Trinajstić information content (AvgIpc) is 3.04. The third-order valence-electron chi connectivity index (χ3n) is 3.86. The van der Waals surface area contributed by atoms with Gasteiger partial charge in [-0.2, -0.15) is 5.10 Å². The molecule has 0 amide bonds. The lowest BCUT2D eigenvalue weighted by molar-refractivity contribution is 0.0662. The van der Waals surface area contributed by atoms with Gasteiger partial charge < -0.3 is 9.47 Å². The quantitative estimate of drug-likeness (QED) is 0.864. The molecule has 0 radical (unpaired) electrons. The monoisotopic (exact) mass is 351 g/mol. The number of hydrogen-bond acceptors (Lipinski definition) is 5. The van der Waals surface area contributed by atoms with Gasteiger partial charge >= 0.3 is 0 Å². The molecule has 130 valence electrons. The summed E-state index contributed by atoms with van der Waals surface area (Å²) in [4.78, 5) is 0.185. The van der Waals surface area contributed by atoms with E-state index < -0.39 is 10.0 Å². The molecule has 1 saturated heterocycles. The Morgan fingerprint density at radius 2 is 2.00 bits per heavy atom. The van der Waals surface area contributed by atoms with Crippen LogP contribution in [0.25, 0.3) is 0 Å². The second-order valence-corrected chi connectivity index (χ2v) is 7.24. The van der Waals surface area contributed by atoms with Gasteiger partial charge in [0, 0.05) is 19.4 Å². The molecule has 7 nitrogen and oxygen atoms in total. The Morgan fingerprint density at radius 1 is 1.29 bits per heavy atom. The van der Waals surface area contributed by atoms with Crippen LogP contribution in [0.5, 0.6) is 5.75 Å². The number of benzene rings is 1. The lowest BCUT2D eigenvalue weighted by Crippen LogP contribution is -2.19. The number of rotatable bonds is 6. The van der Waals surface area contributed by atoms with E-state index in [4.69, 9.17) is 9.47 Å². The lowest BCUT2D eigenvalue weighted by atomic mass is 10.1. The molecule has 8 heteroatoms. The van der Waals surface area contributed by atoms with E-state index in [0.717, 1.165) is 12.8 Å². The molecule has 0 atom stereocenters. The molecule has 1 aromatic carbocycles. The van der Waals surface area contributed by atoms with Crippen molar-refractivity contribution in [2.45, 2.75) is 30.7 Å². The Bertz CT molecular complexity index is 765. The van der Waals surface area contributed by atoms with Crippen LogP contribution in [0.3, 0.4) is 0 Å². The Labute approximate surface area is 141 Å². The molecule has 3 rings (SSSR count). The smallest absolute Gasteiger partial charge is 0.261 e. The zero-order valence-electron chi connectivity index (χ0n) is 13.5. The molecule has 0 unspecified atom stereocenters. The van der Waals surface area contributed by atoms with E-state index >= 15 is 0 Å². The summed E-state index contributed by atoms with van der Waals surface area (Å²) < 4.78 is 39.9. The second kappa shape index (κ2) is 7.23. The largest absolute Gasteiger partial charge is 0.494 e. The van der Waals surface area contributed by atoms with Crippen LogP contribution < -0.4 is 9.46 Å². The van der Waals surface area contributed by atoms with Crippen LogP contribution in [-0.2, 0) is 14.8 Å². The first-order valence-corrected chi connectivity index (χ1v) is 9.44. The van der Waals surface area contributed by atoms with Gasteiger partial charge in [-0.3, -0.25) is 9.40 Å². The predicted octanol–water partition coefficient (Wildman–Crippen LogP) is 2.43. The van der Waals surface area contributed by atoms with Gasteiger partial charge in [-0.15, -0.1) is 0 Å². The molecular formula is C16H21N3O4S. The van der Waals surface area contributed by atoms with E-state index in [1.807, 2.05) is 6.92 Å². The fraction of sp³-hybridized carbons (Fsp3) is 0.438. The second-order valence-electron chi connectivity index (χ2n) is 5.56. The minimum atomic E-state index is -3.65. The molecule has 1 aromatic heterocycles. The SMILES string of the molecule is CCOc1ccc(S(=O)(=O)Nc2cnn(C3CCOCC3)c2)cc1. The number of aromatic nitrogens is 2. The topological polar surface area (TPSA) is 82.5 Å². The Kier molecular flexibility index (Phi) is 5.06. The third kappa shape index (κ3) is 3.88. The van der Waals surface area contributed by atoms with E-state index in [1.165, 1.54) is 18.3 Å². The Hall–Kier alpha value is -2.06. The van der Waals surface area contributed by atoms with Gasteiger partial charge in [0.15, 0.2) is 0 Å². The van der Waals surface area contributed by atoms with Crippen LogP contribution in [0.4, 0.5) is 5.69 Å². The number of anilines is 1. The van der Waals surface area contributed by atoms with Gasteiger partial charge in [0.25, 0.3) is 10.0 Å². The summed E-state index contributed by atoms with van der Waals surface area (Å²) in [5, 5.41) is 4.27. The Balaban J connectivity index is 1.71. The first kappa shape index (κ1) is 16.8. The molecule has 0 bridgehead atoms. The number of nitrogens with one attached hydrogen (secondary N) is 1. The van der Waals surface area contributed by atoms with Crippen LogP contribution in [0.1, 0.15) is 25.8 Å². The van der Waals surface area contributed by atoms with Crippen molar-refractivity contribution in [3.05, 3.63) is 36.7 Å². The fourth-order valence-electron chi connectivity index (χ4n) is 2.64. The standard InChI is InChI=1S/C16H21N3O4S/c1-2-23-15-3-5-16(6-4-15)24(20,21)18-13-11-17-19(12-13)14-7-9-22-10-8-14/h3-6,11-12,14,18H,2,7-10H2,1H3. The van der Waals surface area contributed by atoms with E-state index in [-0.39, 0.29) is 10.9 Å². The normalized spacial score (nSPS) is 16.0. The van der Waals surface area contributed by atoms with Crippen molar-refractivity contribution in [2.24, 2.45) is 0 Å². The fourth-order valence-corrected chi connectivity index (χ4v) is 3.66. The van der Waals surface area contributed by atoms with E-state index in [2.05, 4.69) is 9.82 Å². The first-order chi connectivity index (χ1) is 11.6. The third-order valence-corrected chi connectivity index (χ3v) is 5.26. The van der Waals surface area contributed by atoms with Gasteiger partial charge in [0.05, 0.1) is 29.4 Å². The van der Waals surface area contributed by atoms with Crippen molar-refractivity contribution in [1.29, 1.82) is 0 Å². The number of hydrogen-bond donors (Lipinski definition) is 1. The lowest BCUT2D eigenvalue weighted by Gasteiger charge is -2.22. The zero-order valence-corrected chi connectivity index (χ0v) is 14.3. The molecule has 2 aromatic rings. The summed E-state index contributed by atoms with van der Waals surface area (Å²) in [7, 11) is -3.65. The number of nitrogens with zero attached hydrogens (tertiary/aromatic N) is 2. The van der Waals surface area contributed by atoms with Crippen LogP contribution in [-0.4, -0.2) is 38.0 Å². The number of ether oxygens (including phenoxy) is 2. The maximum atomic E-state index is 12.4. The molecule has 0 spiro atoms. The molecule has 1 aliphatic heterocycles. The van der Waals surface area contributed by atoms with Crippen molar-refractivity contribution < 1.29 is 17.9 Å². The van der Waals surface area contributed by atoms with Crippen LogP contribution in [0.2, 0.25) is 0 Å². The summed E-state index contributed by atoms with van der Waals surface area (Å²) in [6, 6.07) is 6.59. The minimum absolute atomic E-state index is 0.185. The summed E-state index contributed by atoms with van der Waals surface area (Å²) >= 11 is 0. The van der Waals surface area contributed by atoms with Gasteiger partial charge in [-0.05, 0) is 44.0 Å². The molecule has 0 saturated carbocycles. The van der Waals surface area contributed by atoms with Crippen LogP contribution in [0, 0.1) is 0 Å². The van der Waals surface area contributed by atoms with Crippen LogP contribution in [0.15, 0.2) is 41.6 Å². The van der Waals surface area contributed by atoms with E-state index in [0.29, 0.717) is 31.3 Å². The summed E-state index contributed by atoms with van der Waals surface area (Å²) in [6.07, 6.45) is 5.02. The Morgan fingerprint density at radius 3 is 2.67 bits per heavy atom. The van der Waals surface area contributed by atoms with Gasteiger partial charge in [-0.1, -0.05) is 0 Å². The van der Waals surface area contributed by atoms with Crippen molar-refractivity contribution >= 4 is 15.7 Å². The van der Waals surface area contributed by atoms with Gasteiger partial charge in [-0.25, -0.2) is 8.42 Å². The molecule has 2 heterocycles. The van der Waals surface area contributed by atoms with Gasteiger partial charge in [0.1, 0.15) is 5.75 Å². The first-order valence-electron chi connectivity index (χ1n) is 7.96. The van der Waals surface area contributed by atoms with Gasteiger partial charge in [0.2, 0.25) is 0 Å². The minimum Gasteiger partial charge on any atom is -0.494 e. The highest BCUT2D eigenvalue weighted by Gasteiger charge is 2.19. The molecule has 1 N–H and O–H groups in total.